The van der Waals surface area contributed by atoms with Crippen LogP contribution >= 0.6 is 0 Å². The van der Waals surface area contributed by atoms with Crippen molar-refractivity contribution in [2.24, 2.45) is 23.5 Å². The average molecular weight is 530 g/mol. The summed E-state index contributed by atoms with van der Waals surface area (Å²) in [6.45, 7) is -3.07. The van der Waals surface area contributed by atoms with Crippen LogP contribution in [0.2, 0.25) is 0 Å². The van der Waals surface area contributed by atoms with Crippen LogP contribution in [0.5, 0.6) is 0 Å². The smallest absolute Gasteiger partial charge is 0.368 e. The standard InChI is InChI=1S/C20H24F6N4O6/c21-19(22,23)8-29-16(34)17(35)30-13(14(27)32)10-1-3-18(30,6-10)11(5-9-2-4-28-15(9)33)12(31)7-36-20(24,25)26/h9-11,13H,1-8H2,(H2,27,32)(H,28,33)(H,29,34)/t9-,10?,11-,13?,18?/m1/s1. The molecule has 16 heteroatoms. The predicted octanol–water partition coefficient (Wildman–Crippen LogP) is 0.148. The van der Waals surface area contributed by atoms with Crippen LogP contribution in [0, 0.1) is 17.8 Å². The Bertz CT molecular complexity index is 941. The van der Waals surface area contributed by atoms with Gasteiger partial charge in [0.1, 0.15) is 19.2 Å². The van der Waals surface area contributed by atoms with Gasteiger partial charge in [0.05, 0.1) is 5.54 Å². The van der Waals surface area contributed by atoms with E-state index in [1.54, 1.807) is 0 Å². The summed E-state index contributed by atoms with van der Waals surface area (Å²) in [7, 11) is 0. The minimum atomic E-state index is -5.17. The molecule has 2 aliphatic heterocycles. The molecule has 5 atom stereocenters. The molecule has 2 saturated heterocycles. The SMILES string of the molecule is NC(=O)C1C2CCC([C@H](C[C@H]3CCNC3=O)C(=O)COC(F)(F)F)(C2)N1C(=O)C(=O)NCC(F)(F)F. The van der Waals surface area contributed by atoms with Gasteiger partial charge in [0.2, 0.25) is 11.8 Å². The number of likely N-dealkylation sites (tertiary alicyclic amines) is 1. The summed E-state index contributed by atoms with van der Waals surface area (Å²) >= 11 is 0. The number of piperidine rings is 1. The highest BCUT2D eigenvalue weighted by Gasteiger charge is 2.65. The number of alkyl halides is 6. The number of ketones is 1. The van der Waals surface area contributed by atoms with Crippen molar-refractivity contribution < 1.29 is 55.1 Å². The number of carbonyl (C=O) groups is 5. The van der Waals surface area contributed by atoms with Crippen molar-refractivity contribution in [2.45, 2.75) is 56.2 Å². The van der Waals surface area contributed by atoms with Gasteiger partial charge < -0.3 is 21.3 Å². The number of carbonyl (C=O) groups excluding carboxylic acids is 5. The van der Waals surface area contributed by atoms with Crippen molar-refractivity contribution in [3.63, 3.8) is 0 Å². The Labute approximate surface area is 200 Å². The van der Waals surface area contributed by atoms with Crippen molar-refractivity contribution in [1.29, 1.82) is 0 Å². The number of halogens is 6. The van der Waals surface area contributed by atoms with Gasteiger partial charge in [0.25, 0.3) is 0 Å². The molecule has 36 heavy (non-hydrogen) atoms. The third-order valence-electron chi connectivity index (χ3n) is 7.02. The molecule has 0 radical (unpaired) electrons. The van der Waals surface area contributed by atoms with E-state index >= 15 is 0 Å². The van der Waals surface area contributed by atoms with Crippen molar-refractivity contribution in [3.05, 3.63) is 0 Å². The number of fused-ring (bicyclic) bond motifs is 2. The lowest BCUT2D eigenvalue weighted by Crippen LogP contribution is -2.64. The fraction of sp³-hybridized carbons (Fsp3) is 0.750. The molecule has 0 aromatic carbocycles. The van der Waals surface area contributed by atoms with Gasteiger partial charge in [0, 0.05) is 18.4 Å². The highest BCUT2D eigenvalue weighted by Crippen LogP contribution is 2.55. The van der Waals surface area contributed by atoms with E-state index in [1.165, 1.54) is 5.32 Å². The highest BCUT2D eigenvalue weighted by atomic mass is 19.4. The quantitative estimate of drug-likeness (QED) is 0.301. The Kier molecular flexibility index (Phi) is 7.58. The molecule has 2 bridgehead atoms. The fourth-order valence-electron chi connectivity index (χ4n) is 5.67. The second kappa shape index (κ2) is 9.86. The molecule has 10 nitrogen and oxygen atoms in total. The number of hydrogen-bond acceptors (Lipinski definition) is 6. The van der Waals surface area contributed by atoms with E-state index in [0.29, 0.717) is 4.90 Å². The fourth-order valence-corrected chi connectivity index (χ4v) is 5.67. The molecule has 0 aromatic rings. The first kappa shape index (κ1) is 27.7. The van der Waals surface area contributed by atoms with Crippen LogP contribution in [0.1, 0.15) is 32.1 Å². The molecule has 4 amide bonds. The Hall–Kier alpha value is -2.91. The Morgan fingerprint density at radius 1 is 1.17 bits per heavy atom. The molecule has 3 rings (SSSR count). The zero-order valence-corrected chi connectivity index (χ0v) is 18.7. The molecule has 1 aliphatic carbocycles. The van der Waals surface area contributed by atoms with E-state index in [1.807, 2.05) is 0 Å². The van der Waals surface area contributed by atoms with E-state index in [2.05, 4.69) is 10.1 Å². The van der Waals surface area contributed by atoms with Crippen molar-refractivity contribution in [2.75, 3.05) is 19.7 Å². The minimum Gasteiger partial charge on any atom is -0.368 e. The van der Waals surface area contributed by atoms with Gasteiger partial charge in [-0.2, -0.15) is 13.2 Å². The van der Waals surface area contributed by atoms with Crippen LogP contribution in [0.15, 0.2) is 0 Å². The summed E-state index contributed by atoms with van der Waals surface area (Å²) in [5, 5.41) is 3.92. The number of hydrogen-bond donors (Lipinski definition) is 3. The number of nitrogens with one attached hydrogen (secondary N) is 2. The van der Waals surface area contributed by atoms with Crippen molar-refractivity contribution >= 4 is 29.4 Å². The molecular formula is C20H24F6N4O6. The average Bonchev–Trinajstić information content (AvgIpc) is 3.46. The first-order valence-corrected chi connectivity index (χ1v) is 11.0. The van der Waals surface area contributed by atoms with E-state index < -0.39 is 84.4 Å². The normalized spacial score (nSPS) is 28.7. The van der Waals surface area contributed by atoms with Gasteiger partial charge in [-0.15, -0.1) is 13.2 Å². The largest absolute Gasteiger partial charge is 0.522 e. The predicted molar refractivity (Wildman–Crippen MR) is 105 cm³/mol. The first-order chi connectivity index (χ1) is 16.6. The topological polar surface area (TPSA) is 148 Å². The number of primary amides is 1. The van der Waals surface area contributed by atoms with Gasteiger partial charge in [0.15, 0.2) is 5.78 Å². The Morgan fingerprint density at radius 2 is 1.83 bits per heavy atom. The number of Topliss-reactive ketones (excluding diaryl/α,β-unsaturated/α-hetero) is 1. The van der Waals surface area contributed by atoms with Crippen LogP contribution in [0.25, 0.3) is 0 Å². The van der Waals surface area contributed by atoms with Crippen LogP contribution in [-0.2, 0) is 28.7 Å². The zero-order valence-electron chi connectivity index (χ0n) is 18.7. The van der Waals surface area contributed by atoms with Gasteiger partial charge in [-0.25, -0.2) is 0 Å². The summed E-state index contributed by atoms with van der Waals surface area (Å²) in [6, 6.07) is -1.47. The van der Waals surface area contributed by atoms with Crippen LogP contribution < -0.4 is 16.4 Å². The van der Waals surface area contributed by atoms with E-state index in [4.69, 9.17) is 5.73 Å². The zero-order chi connectivity index (χ0) is 27.1. The van der Waals surface area contributed by atoms with E-state index in [9.17, 15) is 50.3 Å². The summed E-state index contributed by atoms with van der Waals surface area (Å²) in [5.41, 5.74) is 3.71. The molecule has 202 valence electrons. The number of amides is 4. The number of ether oxygens (including phenoxy) is 1. The second-order valence-corrected chi connectivity index (χ2v) is 9.19. The van der Waals surface area contributed by atoms with Gasteiger partial charge in [-0.1, -0.05) is 0 Å². The third kappa shape index (κ3) is 5.73. The van der Waals surface area contributed by atoms with Crippen LogP contribution in [-0.4, -0.2) is 78.1 Å². The molecule has 3 fully saturated rings. The summed E-state index contributed by atoms with van der Waals surface area (Å²) in [6.07, 6.45) is -10.1. The lowest BCUT2D eigenvalue weighted by Gasteiger charge is -2.46. The highest BCUT2D eigenvalue weighted by molar-refractivity contribution is 6.35. The Morgan fingerprint density at radius 3 is 2.36 bits per heavy atom. The molecule has 0 aromatic heterocycles. The van der Waals surface area contributed by atoms with E-state index in [-0.39, 0.29) is 38.6 Å². The molecule has 2 heterocycles. The molecule has 3 unspecified atom stereocenters. The molecule has 3 aliphatic rings. The van der Waals surface area contributed by atoms with Gasteiger partial charge in [-0.3, -0.25) is 28.7 Å². The summed E-state index contributed by atoms with van der Waals surface area (Å²) < 4.78 is 79.3. The maximum absolute atomic E-state index is 13.1. The maximum Gasteiger partial charge on any atom is 0.522 e. The van der Waals surface area contributed by atoms with Crippen molar-refractivity contribution in [1.82, 2.24) is 15.5 Å². The van der Waals surface area contributed by atoms with Crippen molar-refractivity contribution in [3.8, 4) is 0 Å². The summed E-state index contributed by atoms with van der Waals surface area (Å²) in [5.74, 6) is -8.97. The van der Waals surface area contributed by atoms with E-state index in [0.717, 1.165) is 0 Å². The number of nitrogens with zero attached hydrogens (tertiary/aromatic N) is 1. The maximum atomic E-state index is 13.1. The number of nitrogens with two attached hydrogens (primary N) is 1. The summed E-state index contributed by atoms with van der Waals surface area (Å²) in [4.78, 5) is 63.5. The molecule has 1 saturated carbocycles. The van der Waals surface area contributed by atoms with Crippen LogP contribution in [0.3, 0.4) is 0 Å². The lowest BCUT2D eigenvalue weighted by molar-refractivity contribution is -0.321. The molecular weight excluding hydrogens is 506 g/mol. The second-order valence-electron chi connectivity index (χ2n) is 9.19. The third-order valence-corrected chi connectivity index (χ3v) is 7.02. The molecule has 0 spiro atoms. The van der Waals surface area contributed by atoms with Gasteiger partial charge in [-0.05, 0) is 38.0 Å². The minimum absolute atomic E-state index is 0.0451. The van der Waals surface area contributed by atoms with Gasteiger partial charge >= 0.3 is 24.4 Å². The number of rotatable bonds is 8. The Balaban J connectivity index is 1.98. The first-order valence-electron chi connectivity index (χ1n) is 11.0. The van der Waals surface area contributed by atoms with Crippen LogP contribution in [0.4, 0.5) is 26.3 Å². The monoisotopic (exact) mass is 530 g/mol. The molecule has 4 N–H and O–H groups in total. The lowest BCUT2D eigenvalue weighted by atomic mass is 9.73.